The van der Waals surface area contributed by atoms with Crippen LogP contribution in [0, 0.1) is 0 Å². The lowest BCUT2D eigenvalue weighted by molar-refractivity contribution is -0.152. The molecule has 0 fully saturated rings. The predicted molar refractivity (Wildman–Crippen MR) is 108 cm³/mol. The Bertz CT molecular complexity index is 513. The topological polar surface area (TPSA) is 35.5 Å². The first kappa shape index (κ1) is 22.2. The third-order valence-corrected chi connectivity index (χ3v) is 9.57. The first-order valence-corrected chi connectivity index (χ1v) is 12.5. The summed E-state index contributed by atoms with van der Waals surface area (Å²) in [5.41, 5.74) is 0.723. The van der Waals surface area contributed by atoms with Crippen LogP contribution in [0.2, 0.25) is 23.2 Å². The van der Waals surface area contributed by atoms with Crippen LogP contribution >= 0.6 is 11.6 Å². The van der Waals surface area contributed by atoms with E-state index < -0.39 is 14.4 Å². The maximum Gasteiger partial charge on any atom is 0.338 e. The van der Waals surface area contributed by atoms with E-state index >= 15 is 0 Å². The summed E-state index contributed by atoms with van der Waals surface area (Å²) in [6.07, 6.45) is 3.85. The van der Waals surface area contributed by atoms with E-state index in [2.05, 4.69) is 20.8 Å². The van der Waals surface area contributed by atoms with E-state index in [1.54, 1.807) is 6.07 Å². The molecule has 1 aromatic rings. The molecule has 5 heteroatoms. The van der Waals surface area contributed by atoms with E-state index in [1.807, 2.05) is 25.1 Å². The summed E-state index contributed by atoms with van der Waals surface area (Å²) < 4.78 is 12.0. The summed E-state index contributed by atoms with van der Waals surface area (Å²) in [7, 11) is -2.03. The minimum Gasteiger partial charge on any atom is -0.464 e. The number of halogens is 1. The number of ether oxygens (including phenoxy) is 1. The number of hydrogen-bond acceptors (Lipinski definition) is 3. The Morgan fingerprint density at radius 3 is 2.16 bits per heavy atom. The lowest BCUT2D eigenvalue weighted by Gasteiger charge is -2.34. The molecule has 25 heavy (non-hydrogen) atoms. The molecule has 0 radical (unpaired) electrons. The Balaban J connectivity index is 3.17. The van der Waals surface area contributed by atoms with Crippen molar-refractivity contribution in [2.75, 3.05) is 6.61 Å². The molecule has 142 valence electrons. The largest absolute Gasteiger partial charge is 0.464 e. The van der Waals surface area contributed by atoms with E-state index in [4.69, 9.17) is 20.8 Å². The molecule has 0 aliphatic rings. The Hall–Kier alpha value is -0.843. The lowest BCUT2D eigenvalue weighted by Crippen LogP contribution is -2.41. The van der Waals surface area contributed by atoms with Gasteiger partial charge in [0.1, 0.15) is 0 Å². The highest BCUT2D eigenvalue weighted by atomic mass is 35.5. The summed E-state index contributed by atoms with van der Waals surface area (Å²) in [5, 5.41) is 0.561. The number of rotatable bonds is 12. The summed E-state index contributed by atoms with van der Waals surface area (Å²) >= 11 is 6.37. The summed E-state index contributed by atoms with van der Waals surface area (Å²) in [5.74, 6) is -0.325. The molecule has 0 amide bonds. The van der Waals surface area contributed by atoms with Crippen LogP contribution in [0.15, 0.2) is 24.3 Å². The van der Waals surface area contributed by atoms with Crippen molar-refractivity contribution in [2.24, 2.45) is 0 Å². The van der Waals surface area contributed by atoms with Crippen molar-refractivity contribution < 1.29 is 14.0 Å². The molecule has 0 saturated heterocycles. The van der Waals surface area contributed by atoms with Gasteiger partial charge in [-0.3, -0.25) is 0 Å². The average Bonchev–Trinajstić information content (AvgIpc) is 2.62. The molecule has 0 saturated carbocycles. The molecule has 0 N–H and O–H groups in total. The van der Waals surface area contributed by atoms with Crippen LogP contribution in [-0.4, -0.2) is 20.9 Å². The highest BCUT2D eigenvalue weighted by Crippen LogP contribution is 2.35. The van der Waals surface area contributed by atoms with Crippen molar-refractivity contribution >= 4 is 25.9 Å². The van der Waals surface area contributed by atoms with E-state index in [9.17, 15) is 4.79 Å². The van der Waals surface area contributed by atoms with Crippen LogP contribution in [0.5, 0.6) is 0 Å². The van der Waals surface area contributed by atoms with Crippen LogP contribution in [0.25, 0.3) is 0 Å². The summed E-state index contributed by atoms with van der Waals surface area (Å²) in [4.78, 5) is 12.7. The Morgan fingerprint density at radius 2 is 1.68 bits per heavy atom. The Labute approximate surface area is 159 Å². The molecule has 0 heterocycles. The van der Waals surface area contributed by atoms with Gasteiger partial charge in [-0.15, -0.1) is 0 Å². The smallest absolute Gasteiger partial charge is 0.338 e. The third-order valence-electron chi connectivity index (χ3n) is 4.67. The molecule has 1 atom stereocenters. The monoisotopic (exact) mass is 384 g/mol. The van der Waals surface area contributed by atoms with Crippen molar-refractivity contribution in [3.8, 4) is 0 Å². The molecule has 0 bridgehead atoms. The zero-order valence-corrected chi connectivity index (χ0v) is 17.9. The minimum atomic E-state index is -2.03. The molecule has 1 unspecified atom stereocenters. The molecular formula is C20H33ClO3Si. The van der Waals surface area contributed by atoms with Crippen molar-refractivity contribution in [2.45, 2.75) is 77.6 Å². The second-order valence-corrected chi connectivity index (χ2v) is 11.2. The van der Waals surface area contributed by atoms with Crippen molar-refractivity contribution in [1.29, 1.82) is 0 Å². The standard InChI is InChI=1S/C20H33ClO3Si/c1-5-9-15-25(8-4,16-10-6-2)24-19(20(22)23-7-3)17-13-11-12-14-18(17)21/h11-14,19H,5-10,15-16H2,1-4H3. The van der Waals surface area contributed by atoms with E-state index in [1.165, 1.54) is 0 Å². The Morgan fingerprint density at radius 1 is 1.08 bits per heavy atom. The second-order valence-electron chi connectivity index (χ2n) is 6.52. The van der Waals surface area contributed by atoms with Crippen LogP contribution < -0.4 is 0 Å². The third kappa shape index (κ3) is 6.76. The maximum absolute atomic E-state index is 12.7. The quantitative estimate of drug-likeness (QED) is 0.303. The zero-order valence-electron chi connectivity index (χ0n) is 16.1. The fourth-order valence-corrected chi connectivity index (χ4v) is 7.39. The molecule has 3 nitrogen and oxygen atoms in total. The molecule has 0 aliphatic carbocycles. The van der Waals surface area contributed by atoms with Crippen molar-refractivity contribution in [3.05, 3.63) is 34.9 Å². The normalized spacial score (nSPS) is 12.8. The van der Waals surface area contributed by atoms with Gasteiger partial charge in [-0.2, -0.15) is 0 Å². The number of esters is 1. The fraction of sp³-hybridized carbons (Fsp3) is 0.650. The lowest BCUT2D eigenvalue weighted by atomic mass is 10.1. The average molecular weight is 385 g/mol. The van der Waals surface area contributed by atoms with Gasteiger partial charge < -0.3 is 9.16 Å². The SMILES string of the molecule is CCCC[Si](CC)(CCCC)OC(C(=O)OCC)c1ccccc1Cl. The minimum absolute atomic E-state index is 0.325. The van der Waals surface area contributed by atoms with E-state index in [0.717, 1.165) is 49.4 Å². The van der Waals surface area contributed by atoms with Gasteiger partial charge in [0.2, 0.25) is 0 Å². The molecule has 0 aliphatic heterocycles. The van der Waals surface area contributed by atoms with Gasteiger partial charge >= 0.3 is 5.97 Å². The number of carbonyl (C=O) groups excluding carboxylic acids is 1. The van der Waals surface area contributed by atoms with Crippen LogP contribution in [0.4, 0.5) is 0 Å². The number of unbranched alkanes of at least 4 members (excludes halogenated alkanes) is 2. The van der Waals surface area contributed by atoms with Gasteiger partial charge in [-0.05, 0) is 31.1 Å². The summed E-state index contributed by atoms with van der Waals surface area (Å²) in [6, 6.07) is 10.6. The molecule has 0 aromatic heterocycles. The highest BCUT2D eigenvalue weighted by molar-refractivity contribution is 6.73. The molecule has 1 aromatic carbocycles. The number of carbonyl (C=O) groups is 1. The zero-order chi connectivity index (χ0) is 18.7. The van der Waals surface area contributed by atoms with Gasteiger partial charge in [-0.1, -0.05) is 76.3 Å². The van der Waals surface area contributed by atoms with Gasteiger partial charge in [0.25, 0.3) is 0 Å². The van der Waals surface area contributed by atoms with Crippen LogP contribution in [-0.2, 0) is 14.0 Å². The fourth-order valence-electron chi connectivity index (χ4n) is 3.07. The van der Waals surface area contributed by atoms with E-state index in [0.29, 0.717) is 11.6 Å². The van der Waals surface area contributed by atoms with Crippen LogP contribution in [0.1, 0.15) is 65.0 Å². The summed E-state index contributed by atoms with van der Waals surface area (Å²) in [6.45, 7) is 8.76. The van der Waals surface area contributed by atoms with E-state index in [-0.39, 0.29) is 5.97 Å². The van der Waals surface area contributed by atoms with Crippen molar-refractivity contribution in [1.82, 2.24) is 0 Å². The van der Waals surface area contributed by atoms with Gasteiger partial charge in [-0.25, -0.2) is 4.79 Å². The van der Waals surface area contributed by atoms with Gasteiger partial charge in [0.05, 0.1) is 6.61 Å². The Kier molecular flexibility index (Phi) is 10.4. The number of benzene rings is 1. The van der Waals surface area contributed by atoms with Crippen molar-refractivity contribution in [3.63, 3.8) is 0 Å². The molecule has 0 spiro atoms. The molecule has 1 rings (SSSR count). The van der Waals surface area contributed by atoms with Crippen LogP contribution in [0.3, 0.4) is 0 Å². The first-order chi connectivity index (χ1) is 12.0. The van der Waals surface area contributed by atoms with Gasteiger partial charge in [0, 0.05) is 10.6 Å². The number of hydrogen-bond donors (Lipinski definition) is 0. The highest BCUT2D eigenvalue weighted by Gasteiger charge is 2.38. The predicted octanol–water partition coefficient (Wildman–Crippen LogP) is 6.53. The van der Waals surface area contributed by atoms with Gasteiger partial charge in [0.15, 0.2) is 14.4 Å². The first-order valence-electron chi connectivity index (χ1n) is 9.62. The molecular weight excluding hydrogens is 352 g/mol. The second kappa shape index (κ2) is 11.7. The maximum atomic E-state index is 12.7.